The Balaban J connectivity index is 1.39. The Morgan fingerprint density at radius 2 is 1.36 bits per heavy atom. The van der Waals surface area contributed by atoms with Gasteiger partial charge in [-0.05, 0) is 37.6 Å². The molecule has 36 heavy (non-hydrogen) atoms. The Labute approximate surface area is 218 Å². The molecule has 1 aromatic carbocycles. The summed E-state index contributed by atoms with van der Waals surface area (Å²) in [4.78, 5) is 21.6. The van der Waals surface area contributed by atoms with E-state index in [1.54, 1.807) is 24.5 Å². The van der Waals surface area contributed by atoms with Gasteiger partial charge in [-0.15, -0.1) is 0 Å². The minimum atomic E-state index is -0.176. The molecule has 0 radical (unpaired) electrons. The third kappa shape index (κ3) is 9.07. The van der Waals surface area contributed by atoms with Gasteiger partial charge < -0.3 is 9.88 Å². The lowest BCUT2D eigenvalue weighted by molar-refractivity contribution is 0.0937. The topological polar surface area (TPSA) is 59.8 Å². The third-order valence-corrected chi connectivity index (χ3v) is 7.10. The highest BCUT2D eigenvalue weighted by Crippen LogP contribution is 2.22. The number of aromatic nitrogens is 3. The first-order valence-corrected chi connectivity index (χ1v) is 14.4. The van der Waals surface area contributed by atoms with Crippen LogP contribution < -0.4 is 5.32 Å². The van der Waals surface area contributed by atoms with E-state index in [-0.39, 0.29) is 11.9 Å². The first kappa shape index (κ1) is 27.9. The largest absolute Gasteiger partial charge is 0.342 e. The number of hydrogen-bond donors (Lipinski definition) is 1. The van der Waals surface area contributed by atoms with E-state index in [1.165, 1.54) is 83.5 Å². The number of nitrogens with zero attached hydrogens (tertiary/aromatic N) is 3. The summed E-state index contributed by atoms with van der Waals surface area (Å²) in [5.74, 6) is 0.827. The number of unbranched alkanes of at least 4 members (excludes halogenated alkanes) is 13. The molecule has 2 aromatic heterocycles. The van der Waals surface area contributed by atoms with Crippen LogP contribution in [0.1, 0.15) is 126 Å². The number of pyridine rings is 1. The molecule has 5 heteroatoms. The van der Waals surface area contributed by atoms with Crippen LogP contribution in [0.3, 0.4) is 0 Å². The summed E-state index contributed by atoms with van der Waals surface area (Å²) in [5.41, 5.74) is 2.75. The molecule has 2 heterocycles. The molecule has 0 bridgehead atoms. The number of hydrogen-bond acceptors (Lipinski definition) is 3. The van der Waals surface area contributed by atoms with Crippen molar-refractivity contribution in [3.05, 3.63) is 60.2 Å². The number of aryl methyl sites for hydroxylation is 1. The number of carbonyl (C=O) groups excluding carboxylic acids is 1. The van der Waals surface area contributed by atoms with E-state index in [1.807, 2.05) is 13.0 Å². The van der Waals surface area contributed by atoms with E-state index in [0.717, 1.165) is 29.8 Å². The fourth-order valence-corrected chi connectivity index (χ4v) is 4.97. The molecule has 1 N–H and O–H groups in total. The van der Waals surface area contributed by atoms with Gasteiger partial charge in [0.25, 0.3) is 5.91 Å². The molecule has 0 aliphatic carbocycles. The lowest BCUT2D eigenvalue weighted by atomic mass is 10.0. The average Bonchev–Trinajstić information content (AvgIpc) is 3.28. The molecule has 196 valence electrons. The SMILES string of the molecule is CCCCCCCCCCCCCCCCn1c(C(C)NC(=O)c2ccncc2)nc2ccccc21. The van der Waals surface area contributed by atoms with Crippen molar-refractivity contribution in [2.24, 2.45) is 0 Å². The van der Waals surface area contributed by atoms with Crippen LogP contribution in [0.4, 0.5) is 0 Å². The number of amides is 1. The van der Waals surface area contributed by atoms with Gasteiger partial charge in [0.1, 0.15) is 5.82 Å². The van der Waals surface area contributed by atoms with Gasteiger partial charge in [0.15, 0.2) is 0 Å². The predicted molar refractivity (Wildman–Crippen MR) is 150 cm³/mol. The van der Waals surface area contributed by atoms with Crippen LogP contribution in [0, 0.1) is 0 Å². The summed E-state index contributed by atoms with van der Waals surface area (Å²) in [7, 11) is 0. The summed E-state index contributed by atoms with van der Waals surface area (Å²) in [6.07, 6.45) is 22.3. The van der Waals surface area contributed by atoms with Crippen LogP contribution in [0.5, 0.6) is 0 Å². The zero-order chi connectivity index (χ0) is 25.4. The molecule has 5 nitrogen and oxygen atoms in total. The number of carbonyl (C=O) groups is 1. The van der Waals surface area contributed by atoms with Crippen LogP contribution in [0.15, 0.2) is 48.8 Å². The van der Waals surface area contributed by atoms with Crippen molar-refractivity contribution in [3.63, 3.8) is 0 Å². The van der Waals surface area contributed by atoms with Crippen LogP contribution in [-0.2, 0) is 6.54 Å². The van der Waals surface area contributed by atoms with Gasteiger partial charge in [0.2, 0.25) is 0 Å². The van der Waals surface area contributed by atoms with E-state index < -0.39 is 0 Å². The maximum absolute atomic E-state index is 12.7. The zero-order valence-corrected chi connectivity index (χ0v) is 22.6. The first-order chi connectivity index (χ1) is 17.7. The second-order valence-electron chi connectivity index (χ2n) is 10.1. The lowest BCUT2D eigenvalue weighted by Gasteiger charge is -2.16. The summed E-state index contributed by atoms with van der Waals surface area (Å²) >= 11 is 0. The highest BCUT2D eigenvalue weighted by Gasteiger charge is 2.18. The molecular formula is C31H46N4O. The maximum atomic E-state index is 12.7. The number of imidazole rings is 1. The molecule has 1 amide bonds. The van der Waals surface area contributed by atoms with Gasteiger partial charge in [0, 0.05) is 24.5 Å². The lowest BCUT2D eigenvalue weighted by Crippen LogP contribution is -2.28. The van der Waals surface area contributed by atoms with Crippen LogP contribution >= 0.6 is 0 Å². The van der Waals surface area contributed by atoms with E-state index in [0.29, 0.717) is 5.56 Å². The molecule has 0 aliphatic rings. The number of fused-ring (bicyclic) bond motifs is 1. The molecule has 1 unspecified atom stereocenters. The number of benzene rings is 1. The van der Waals surface area contributed by atoms with Gasteiger partial charge in [0.05, 0.1) is 17.1 Å². The van der Waals surface area contributed by atoms with Crippen LogP contribution in [-0.4, -0.2) is 20.4 Å². The molecule has 0 fully saturated rings. The van der Waals surface area contributed by atoms with E-state index in [9.17, 15) is 4.79 Å². The van der Waals surface area contributed by atoms with Gasteiger partial charge in [-0.25, -0.2) is 4.98 Å². The first-order valence-electron chi connectivity index (χ1n) is 14.4. The van der Waals surface area contributed by atoms with E-state index in [4.69, 9.17) is 4.98 Å². The molecule has 0 aliphatic heterocycles. The Hall–Kier alpha value is -2.69. The van der Waals surface area contributed by atoms with Crippen molar-refractivity contribution in [2.45, 2.75) is 116 Å². The van der Waals surface area contributed by atoms with Crippen molar-refractivity contribution in [1.29, 1.82) is 0 Å². The summed E-state index contributed by atoms with van der Waals surface area (Å²) in [5, 5.41) is 3.12. The quantitative estimate of drug-likeness (QED) is 0.182. The van der Waals surface area contributed by atoms with Crippen molar-refractivity contribution >= 4 is 16.9 Å². The van der Waals surface area contributed by atoms with Crippen molar-refractivity contribution in [2.75, 3.05) is 0 Å². The second kappa shape index (κ2) is 16.1. The van der Waals surface area contributed by atoms with Gasteiger partial charge in [-0.3, -0.25) is 9.78 Å². The number of rotatable bonds is 18. The van der Waals surface area contributed by atoms with Gasteiger partial charge >= 0.3 is 0 Å². The normalized spacial score (nSPS) is 12.2. The van der Waals surface area contributed by atoms with Gasteiger partial charge in [-0.2, -0.15) is 0 Å². The Morgan fingerprint density at radius 3 is 1.97 bits per heavy atom. The van der Waals surface area contributed by atoms with Crippen molar-refractivity contribution < 1.29 is 4.79 Å². The second-order valence-corrected chi connectivity index (χ2v) is 10.1. The Bertz CT molecular complexity index is 1010. The fraction of sp³-hybridized carbons (Fsp3) is 0.581. The highest BCUT2D eigenvalue weighted by atomic mass is 16.1. The third-order valence-electron chi connectivity index (χ3n) is 7.10. The molecule has 1 atom stereocenters. The van der Waals surface area contributed by atoms with Crippen molar-refractivity contribution in [3.8, 4) is 0 Å². The van der Waals surface area contributed by atoms with Crippen LogP contribution in [0.25, 0.3) is 11.0 Å². The van der Waals surface area contributed by atoms with Gasteiger partial charge in [-0.1, -0.05) is 103 Å². The maximum Gasteiger partial charge on any atom is 0.251 e. The summed E-state index contributed by atoms with van der Waals surface area (Å²) in [6, 6.07) is 11.6. The molecule has 0 spiro atoms. The standard InChI is InChI=1S/C31H46N4O/c1-3-4-5-6-7-8-9-10-11-12-13-14-15-18-25-35-29-20-17-16-19-28(29)34-30(35)26(2)33-31(36)27-21-23-32-24-22-27/h16-17,19-24,26H,3-15,18,25H2,1-2H3,(H,33,36). The smallest absolute Gasteiger partial charge is 0.251 e. The minimum Gasteiger partial charge on any atom is -0.342 e. The van der Waals surface area contributed by atoms with E-state index >= 15 is 0 Å². The van der Waals surface area contributed by atoms with E-state index in [2.05, 4.69) is 40.0 Å². The zero-order valence-electron chi connectivity index (χ0n) is 22.6. The van der Waals surface area contributed by atoms with Crippen LogP contribution in [0.2, 0.25) is 0 Å². The number of nitrogens with one attached hydrogen (secondary N) is 1. The number of para-hydroxylation sites is 2. The molecule has 3 aromatic rings. The fourth-order valence-electron chi connectivity index (χ4n) is 4.97. The highest BCUT2D eigenvalue weighted by molar-refractivity contribution is 5.94. The Morgan fingerprint density at radius 1 is 0.806 bits per heavy atom. The Kier molecular flexibility index (Phi) is 12.5. The minimum absolute atomic E-state index is 0.0972. The monoisotopic (exact) mass is 490 g/mol. The van der Waals surface area contributed by atoms with Crippen molar-refractivity contribution in [1.82, 2.24) is 19.9 Å². The predicted octanol–water partition coefficient (Wildman–Crippen LogP) is 8.40. The average molecular weight is 491 g/mol. The molecule has 0 saturated heterocycles. The molecule has 0 saturated carbocycles. The molecule has 3 rings (SSSR count). The summed E-state index contributed by atoms with van der Waals surface area (Å²) in [6.45, 7) is 5.23. The molecular weight excluding hydrogens is 444 g/mol. The summed E-state index contributed by atoms with van der Waals surface area (Å²) < 4.78 is 2.30.